The van der Waals surface area contributed by atoms with Gasteiger partial charge in [-0.3, -0.25) is 28.8 Å². The number of aliphatic hydroxyl groups is 9. The van der Waals surface area contributed by atoms with Gasteiger partial charge in [-0.25, -0.2) is 0 Å². The number of aliphatic hydroxyl groups excluding tert-OH is 9. The molecule has 9 atom stereocenters. The SMILES string of the molecule is CC(O)CC(O)CC(=O)C1=C(O)[C@@H](C(C)C)NC1=O.CC(O)CC(O)CC(=O)C1=C(O)[C@@H](C(C)C)NC1=O.CC(O)CC(O)CC(=O)C1=C(O)[C@@H](C(C)C)NC1=O.[H-]. The molecule has 0 spiro atoms. The lowest BCUT2D eigenvalue weighted by atomic mass is 9.98. The largest absolute Gasteiger partial charge is 1.00 e. The van der Waals surface area contributed by atoms with Crippen LogP contribution in [0.25, 0.3) is 0 Å². The molecule has 3 heterocycles. The average Bonchev–Trinajstić information content (AvgIpc) is 3.63. The van der Waals surface area contributed by atoms with E-state index in [4.69, 9.17) is 15.3 Å². The van der Waals surface area contributed by atoms with Gasteiger partial charge in [0.15, 0.2) is 17.3 Å². The molecule has 0 bridgehead atoms. The smallest absolute Gasteiger partial charge is 0.259 e. The maximum Gasteiger partial charge on any atom is 0.259 e. The molecule has 0 saturated heterocycles. The Morgan fingerprint density at radius 1 is 0.456 bits per heavy atom. The summed E-state index contributed by atoms with van der Waals surface area (Å²) in [7, 11) is 0. The lowest BCUT2D eigenvalue weighted by molar-refractivity contribution is -0.124. The van der Waals surface area contributed by atoms with Crippen LogP contribution in [0.15, 0.2) is 34.0 Å². The predicted molar refractivity (Wildman–Crippen MR) is 206 cm³/mol. The summed E-state index contributed by atoms with van der Waals surface area (Å²) in [6.45, 7) is 15.4. The van der Waals surface area contributed by atoms with Gasteiger partial charge in [0.25, 0.3) is 17.7 Å². The summed E-state index contributed by atoms with van der Waals surface area (Å²) in [5.74, 6) is -4.49. The van der Waals surface area contributed by atoms with E-state index in [2.05, 4.69) is 16.0 Å². The molecule has 0 aliphatic carbocycles. The molecule has 326 valence electrons. The molecule has 0 saturated carbocycles. The van der Waals surface area contributed by atoms with E-state index in [-0.39, 0.29) is 91.7 Å². The first-order valence-corrected chi connectivity index (χ1v) is 19.1. The van der Waals surface area contributed by atoms with E-state index >= 15 is 0 Å². The molecule has 3 rings (SSSR count). The molecular formula is C39H64N3O15-. The van der Waals surface area contributed by atoms with Crippen molar-refractivity contribution in [1.82, 2.24) is 16.0 Å². The van der Waals surface area contributed by atoms with Gasteiger partial charge >= 0.3 is 0 Å². The Kier molecular flexibility index (Phi) is 20.2. The first-order chi connectivity index (χ1) is 26.2. The number of Topliss-reactive ketones (excluding diaryl/α,β-unsaturated/α-hetero) is 3. The van der Waals surface area contributed by atoms with Gasteiger partial charge in [0, 0.05) is 19.3 Å². The minimum absolute atomic E-state index is 0. The summed E-state index contributed by atoms with van der Waals surface area (Å²) >= 11 is 0. The average molecular weight is 815 g/mol. The second-order valence-corrected chi connectivity index (χ2v) is 16.0. The van der Waals surface area contributed by atoms with Crippen molar-refractivity contribution >= 4 is 35.1 Å². The van der Waals surface area contributed by atoms with E-state index in [0.717, 1.165) is 0 Å². The van der Waals surface area contributed by atoms with Crippen molar-refractivity contribution in [2.75, 3.05) is 0 Å². The summed E-state index contributed by atoms with van der Waals surface area (Å²) in [4.78, 5) is 70.7. The zero-order valence-electron chi connectivity index (χ0n) is 35.1. The van der Waals surface area contributed by atoms with Gasteiger partial charge < -0.3 is 63.3 Å². The van der Waals surface area contributed by atoms with E-state index in [1.54, 1.807) is 0 Å². The molecule has 0 radical (unpaired) electrons. The van der Waals surface area contributed by atoms with Gasteiger partial charge in [-0.1, -0.05) is 41.5 Å². The van der Waals surface area contributed by atoms with Crippen LogP contribution in [0.2, 0.25) is 0 Å². The first kappa shape index (κ1) is 50.8. The second kappa shape index (κ2) is 22.7. The fourth-order valence-electron chi connectivity index (χ4n) is 6.30. The molecule has 6 unspecified atom stereocenters. The van der Waals surface area contributed by atoms with Crippen LogP contribution in [0.3, 0.4) is 0 Å². The molecule has 18 heteroatoms. The number of ketones is 3. The summed E-state index contributed by atoms with van der Waals surface area (Å²) < 4.78 is 0. The normalized spacial score (nSPS) is 22.6. The zero-order valence-corrected chi connectivity index (χ0v) is 34.1. The Labute approximate surface area is 334 Å². The molecule has 18 nitrogen and oxygen atoms in total. The molecule has 0 aromatic rings. The van der Waals surface area contributed by atoms with Crippen molar-refractivity contribution in [3.05, 3.63) is 34.0 Å². The minimum Gasteiger partial charge on any atom is -1.00 e. The third-order valence-electron chi connectivity index (χ3n) is 9.13. The Morgan fingerprint density at radius 2 is 0.649 bits per heavy atom. The van der Waals surface area contributed by atoms with E-state index in [1.807, 2.05) is 41.5 Å². The quantitative estimate of drug-likeness (QED) is 0.0825. The Hall–Kier alpha value is -4.20. The predicted octanol–water partition coefficient (Wildman–Crippen LogP) is 0.244. The summed E-state index contributed by atoms with van der Waals surface area (Å²) in [6.07, 6.45) is -5.99. The molecule has 12 N–H and O–H groups in total. The van der Waals surface area contributed by atoms with Crippen molar-refractivity contribution in [3.63, 3.8) is 0 Å². The van der Waals surface area contributed by atoms with E-state index < -0.39 is 89.8 Å². The fraction of sp³-hybridized carbons (Fsp3) is 0.692. The Morgan fingerprint density at radius 3 is 0.789 bits per heavy atom. The van der Waals surface area contributed by atoms with Gasteiger partial charge in [0.1, 0.15) is 34.0 Å². The van der Waals surface area contributed by atoms with Crippen molar-refractivity contribution in [2.45, 2.75) is 156 Å². The number of amides is 3. The molecule has 3 aliphatic rings. The highest BCUT2D eigenvalue weighted by molar-refractivity contribution is 6.22. The molecule has 0 aromatic carbocycles. The standard InChI is InChI=1S/3C13H21NO5.H/c3*1-6(2)11-12(18)10(13(19)14-11)9(17)5-8(16)4-7(3)15;/h3*6-8,11,15-16,18H,4-5H2,1-3H3,(H,14,19);/q;;;-1/t3*7?,8?,11-;/m111./s1. The van der Waals surface area contributed by atoms with Crippen molar-refractivity contribution in [2.24, 2.45) is 17.8 Å². The van der Waals surface area contributed by atoms with E-state index in [1.165, 1.54) is 20.8 Å². The number of carbonyl (C=O) groups excluding carboxylic acids is 6. The number of carbonyl (C=O) groups is 6. The molecule has 0 aromatic heterocycles. The third-order valence-corrected chi connectivity index (χ3v) is 9.13. The van der Waals surface area contributed by atoms with Crippen LogP contribution >= 0.6 is 0 Å². The molecule has 57 heavy (non-hydrogen) atoms. The van der Waals surface area contributed by atoms with Crippen molar-refractivity contribution in [1.29, 1.82) is 0 Å². The van der Waals surface area contributed by atoms with Crippen molar-refractivity contribution in [3.8, 4) is 0 Å². The molecule has 3 aliphatic heterocycles. The van der Waals surface area contributed by atoms with E-state index in [0.29, 0.717) is 0 Å². The minimum atomic E-state index is -1.03. The first-order valence-electron chi connectivity index (χ1n) is 19.1. The van der Waals surface area contributed by atoms with Crippen LogP contribution in [-0.4, -0.2) is 136 Å². The van der Waals surface area contributed by atoms with Crippen LogP contribution in [0.1, 0.15) is 102 Å². The Bertz CT molecular complexity index is 1390. The zero-order chi connectivity index (χ0) is 44.2. The van der Waals surface area contributed by atoms with Crippen LogP contribution in [-0.2, 0) is 28.8 Å². The lowest BCUT2D eigenvalue weighted by Gasteiger charge is -2.14. The maximum atomic E-state index is 11.9. The molecule has 0 fully saturated rings. The highest BCUT2D eigenvalue weighted by Crippen LogP contribution is 2.25. The summed E-state index contributed by atoms with van der Waals surface area (Å²) in [5.41, 5.74) is -0.824. The third kappa shape index (κ3) is 15.2. The van der Waals surface area contributed by atoms with Crippen molar-refractivity contribution < 1.29 is 76.2 Å². The van der Waals surface area contributed by atoms with Crippen LogP contribution in [0.5, 0.6) is 0 Å². The molecule has 3 amide bonds. The number of hydrogen-bond acceptors (Lipinski definition) is 15. The number of hydrogen-bond donors (Lipinski definition) is 12. The van der Waals surface area contributed by atoms with Crippen LogP contribution < -0.4 is 16.0 Å². The number of nitrogens with one attached hydrogen (secondary N) is 3. The van der Waals surface area contributed by atoms with Gasteiger partial charge in [-0.05, 0) is 57.8 Å². The fourth-order valence-corrected chi connectivity index (χ4v) is 6.30. The lowest BCUT2D eigenvalue weighted by Crippen LogP contribution is -2.33. The van der Waals surface area contributed by atoms with Gasteiger partial charge in [-0.15, -0.1) is 0 Å². The maximum absolute atomic E-state index is 11.9. The number of rotatable bonds is 18. The highest BCUT2D eigenvalue weighted by atomic mass is 16.3. The van der Waals surface area contributed by atoms with Gasteiger partial charge in [0.2, 0.25) is 0 Å². The van der Waals surface area contributed by atoms with Crippen LogP contribution in [0.4, 0.5) is 0 Å². The topological polar surface area (TPSA) is 321 Å². The van der Waals surface area contributed by atoms with E-state index in [9.17, 15) is 59.4 Å². The van der Waals surface area contributed by atoms with Crippen LogP contribution in [0, 0.1) is 17.8 Å². The molecular weight excluding hydrogens is 750 g/mol. The summed E-state index contributed by atoms with van der Waals surface area (Å²) in [5, 5.41) is 93.4. The monoisotopic (exact) mass is 814 g/mol. The summed E-state index contributed by atoms with van der Waals surface area (Å²) in [6, 6.07) is -1.67. The van der Waals surface area contributed by atoms with Gasteiger partial charge in [0.05, 0.1) is 54.7 Å². The highest BCUT2D eigenvalue weighted by Gasteiger charge is 2.40. The second-order valence-electron chi connectivity index (χ2n) is 16.0. The van der Waals surface area contributed by atoms with Gasteiger partial charge in [-0.2, -0.15) is 0 Å². The Balaban J connectivity index is 0.000000833.